The zero-order chi connectivity index (χ0) is 37.5. The van der Waals surface area contributed by atoms with Gasteiger partial charge in [0.1, 0.15) is 22.3 Å². The van der Waals surface area contributed by atoms with Gasteiger partial charge in [-0.05, 0) is 65.2 Å². The van der Waals surface area contributed by atoms with Crippen LogP contribution >= 0.6 is 11.3 Å². The molecule has 57 heavy (non-hydrogen) atoms. The summed E-state index contributed by atoms with van der Waals surface area (Å²) in [6.45, 7) is 0. The van der Waals surface area contributed by atoms with Gasteiger partial charge in [-0.3, -0.25) is 0 Å². The molecule has 8 aromatic carbocycles. The fourth-order valence-electron chi connectivity index (χ4n) is 8.23. The Morgan fingerprint density at radius 2 is 0.895 bits per heavy atom. The van der Waals surface area contributed by atoms with Crippen LogP contribution in [0.4, 0.5) is 0 Å². The lowest BCUT2D eigenvalue weighted by Crippen LogP contribution is -2.00. The Kier molecular flexibility index (Phi) is 7.03. The lowest BCUT2D eigenvalue weighted by Gasteiger charge is -2.10. The maximum absolute atomic E-state index is 6.66. The molecule has 12 rings (SSSR count). The molecule has 4 aromatic heterocycles. The predicted molar refractivity (Wildman–Crippen MR) is 234 cm³/mol. The number of para-hydroxylation sites is 1. The number of furan rings is 2. The molecular weight excluding hydrogens is 719 g/mol. The van der Waals surface area contributed by atoms with Crippen LogP contribution in [-0.2, 0) is 0 Å². The molecule has 6 heteroatoms. The Labute approximate surface area is 330 Å². The molecular formula is C51H29N3O2S. The second kappa shape index (κ2) is 12.6. The molecule has 0 aliphatic rings. The molecule has 0 amide bonds. The fourth-order valence-corrected chi connectivity index (χ4v) is 9.46. The van der Waals surface area contributed by atoms with Crippen LogP contribution in [0.25, 0.3) is 120 Å². The van der Waals surface area contributed by atoms with E-state index in [1.807, 2.05) is 84.1 Å². The van der Waals surface area contributed by atoms with Crippen LogP contribution < -0.4 is 0 Å². The smallest absolute Gasteiger partial charge is 0.164 e. The number of hydrogen-bond acceptors (Lipinski definition) is 6. The van der Waals surface area contributed by atoms with Gasteiger partial charge in [0.05, 0.1) is 0 Å². The van der Waals surface area contributed by atoms with Crippen molar-refractivity contribution in [2.24, 2.45) is 0 Å². The molecule has 0 aliphatic heterocycles. The maximum atomic E-state index is 6.66. The van der Waals surface area contributed by atoms with Gasteiger partial charge in [-0.1, -0.05) is 127 Å². The van der Waals surface area contributed by atoms with E-state index in [4.69, 9.17) is 23.8 Å². The van der Waals surface area contributed by atoms with Gasteiger partial charge in [0.15, 0.2) is 17.5 Å². The Morgan fingerprint density at radius 1 is 0.333 bits per heavy atom. The highest BCUT2D eigenvalue weighted by Crippen LogP contribution is 2.46. The van der Waals surface area contributed by atoms with Gasteiger partial charge in [-0.15, -0.1) is 11.3 Å². The van der Waals surface area contributed by atoms with Crippen molar-refractivity contribution in [3.8, 4) is 56.4 Å². The van der Waals surface area contributed by atoms with E-state index in [-0.39, 0.29) is 0 Å². The van der Waals surface area contributed by atoms with E-state index in [1.54, 1.807) is 0 Å². The number of rotatable bonds is 5. The topological polar surface area (TPSA) is 65.0 Å². The summed E-state index contributed by atoms with van der Waals surface area (Å²) in [5, 5.41) is 6.87. The van der Waals surface area contributed by atoms with E-state index in [0.717, 1.165) is 77.3 Å². The zero-order valence-electron chi connectivity index (χ0n) is 30.3. The summed E-state index contributed by atoms with van der Waals surface area (Å²) in [7, 11) is 0. The monoisotopic (exact) mass is 747 g/mol. The lowest BCUT2D eigenvalue weighted by atomic mass is 9.93. The van der Waals surface area contributed by atoms with Crippen molar-refractivity contribution in [1.82, 2.24) is 15.0 Å². The predicted octanol–water partition coefficient (Wildman–Crippen LogP) is 14.4. The number of nitrogens with zero attached hydrogens (tertiary/aromatic N) is 3. The summed E-state index contributed by atoms with van der Waals surface area (Å²) in [6.07, 6.45) is 0. The maximum Gasteiger partial charge on any atom is 0.164 e. The Morgan fingerprint density at radius 3 is 1.63 bits per heavy atom. The van der Waals surface area contributed by atoms with Crippen LogP contribution in [0.1, 0.15) is 0 Å². The largest absolute Gasteiger partial charge is 0.456 e. The lowest BCUT2D eigenvalue weighted by molar-refractivity contribution is 0.668. The van der Waals surface area contributed by atoms with Gasteiger partial charge in [0.25, 0.3) is 0 Å². The first kappa shape index (κ1) is 31.9. The Bertz CT molecular complexity index is 3470. The summed E-state index contributed by atoms with van der Waals surface area (Å²) in [5.41, 5.74) is 10.5. The van der Waals surface area contributed by atoms with Gasteiger partial charge in [-0.25, -0.2) is 15.0 Å². The Balaban J connectivity index is 1.01. The third-order valence-electron chi connectivity index (χ3n) is 10.9. The fraction of sp³-hybridized carbons (Fsp3) is 0. The average Bonchev–Trinajstić information content (AvgIpc) is 3.97. The second-order valence-corrected chi connectivity index (χ2v) is 15.4. The zero-order valence-corrected chi connectivity index (χ0v) is 31.1. The SMILES string of the molecule is c1ccc(-c2nc(-c3ccccc3)nc(-c3ccc4c(c3)oc3cc(-c5cc(-c6cccc7c6sc6ccccc67)c6c(c5)oc5ccccc56)ccc34)n2)cc1. The van der Waals surface area contributed by atoms with Gasteiger partial charge >= 0.3 is 0 Å². The minimum Gasteiger partial charge on any atom is -0.456 e. The van der Waals surface area contributed by atoms with Crippen LogP contribution in [0.5, 0.6) is 0 Å². The third kappa shape index (κ3) is 5.19. The summed E-state index contributed by atoms with van der Waals surface area (Å²) in [6, 6.07) is 60.9. The highest BCUT2D eigenvalue weighted by Gasteiger charge is 2.20. The molecule has 5 nitrogen and oxygen atoms in total. The number of aromatic nitrogens is 3. The molecule has 0 spiro atoms. The van der Waals surface area contributed by atoms with E-state index in [9.17, 15) is 0 Å². The van der Waals surface area contributed by atoms with Crippen molar-refractivity contribution in [2.45, 2.75) is 0 Å². The standard InChI is InChI=1S/C51H29N3O2S/c1-3-12-30(13-4-1)49-52-50(31-14-5-2-6-15-31)54-51(53-49)33-23-25-36-35-24-22-32(27-43(35)56-44(36)28-33)34-26-41(47-40-17-7-9-20-42(40)55-45(47)29-34)39-19-11-18-38-37-16-8-10-21-46(37)57-48(38)39/h1-29H. The van der Waals surface area contributed by atoms with Crippen LogP contribution in [0.2, 0.25) is 0 Å². The first-order valence-electron chi connectivity index (χ1n) is 18.9. The highest BCUT2D eigenvalue weighted by atomic mass is 32.1. The summed E-state index contributed by atoms with van der Waals surface area (Å²) >= 11 is 1.85. The molecule has 0 radical (unpaired) electrons. The van der Waals surface area contributed by atoms with Gasteiger partial charge < -0.3 is 8.83 Å². The van der Waals surface area contributed by atoms with Gasteiger partial charge in [0, 0.05) is 64.0 Å². The normalized spacial score (nSPS) is 11.9. The molecule has 0 N–H and O–H groups in total. The summed E-state index contributed by atoms with van der Waals surface area (Å²) in [5.74, 6) is 1.84. The molecule has 0 bridgehead atoms. The molecule has 0 atom stereocenters. The third-order valence-corrected chi connectivity index (χ3v) is 12.2. The number of benzene rings is 8. The number of fused-ring (bicyclic) bond motifs is 9. The molecule has 4 heterocycles. The van der Waals surface area contributed by atoms with Crippen molar-refractivity contribution >= 4 is 75.4 Å². The van der Waals surface area contributed by atoms with E-state index in [1.165, 1.54) is 25.7 Å². The van der Waals surface area contributed by atoms with Gasteiger partial charge in [0.2, 0.25) is 0 Å². The van der Waals surface area contributed by atoms with Crippen molar-refractivity contribution in [1.29, 1.82) is 0 Å². The quantitative estimate of drug-likeness (QED) is 0.175. The first-order valence-corrected chi connectivity index (χ1v) is 19.7. The van der Waals surface area contributed by atoms with Crippen LogP contribution in [0.15, 0.2) is 185 Å². The highest BCUT2D eigenvalue weighted by molar-refractivity contribution is 7.26. The van der Waals surface area contributed by atoms with Crippen LogP contribution in [0, 0.1) is 0 Å². The Hall–Kier alpha value is -7.41. The van der Waals surface area contributed by atoms with Crippen LogP contribution in [-0.4, -0.2) is 15.0 Å². The van der Waals surface area contributed by atoms with E-state index in [2.05, 4.69) is 103 Å². The molecule has 12 aromatic rings. The van der Waals surface area contributed by atoms with Gasteiger partial charge in [-0.2, -0.15) is 0 Å². The number of hydrogen-bond donors (Lipinski definition) is 0. The molecule has 0 unspecified atom stereocenters. The van der Waals surface area contributed by atoms with E-state index >= 15 is 0 Å². The molecule has 0 saturated heterocycles. The second-order valence-electron chi connectivity index (χ2n) is 14.3. The van der Waals surface area contributed by atoms with Crippen molar-refractivity contribution < 1.29 is 8.83 Å². The van der Waals surface area contributed by atoms with Crippen LogP contribution in [0.3, 0.4) is 0 Å². The summed E-state index contributed by atoms with van der Waals surface area (Å²) in [4.78, 5) is 14.8. The minimum absolute atomic E-state index is 0.589. The summed E-state index contributed by atoms with van der Waals surface area (Å²) < 4.78 is 15.8. The molecule has 0 aliphatic carbocycles. The molecule has 266 valence electrons. The van der Waals surface area contributed by atoms with Crippen molar-refractivity contribution in [3.63, 3.8) is 0 Å². The van der Waals surface area contributed by atoms with Crippen molar-refractivity contribution in [2.75, 3.05) is 0 Å². The molecule has 0 saturated carbocycles. The average molecular weight is 748 g/mol. The minimum atomic E-state index is 0.589. The number of thiophene rings is 1. The molecule has 0 fully saturated rings. The van der Waals surface area contributed by atoms with E-state index < -0.39 is 0 Å². The van der Waals surface area contributed by atoms with E-state index in [0.29, 0.717) is 17.5 Å². The van der Waals surface area contributed by atoms with Crippen molar-refractivity contribution in [3.05, 3.63) is 176 Å². The first-order chi connectivity index (χ1) is 28.2.